The first-order valence-electron chi connectivity index (χ1n) is 8.48. The zero-order valence-corrected chi connectivity index (χ0v) is 15.2. The van der Waals surface area contributed by atoms with Crippen LogP contribution in [-0.2, 0) is 20.9 Å². The summed E-state index contributed by atoms with van der Waals surface area (Å²) in [4.78, 5) is 27.6. The zero-order valence-electron chi connectivity index (χ0n) is 14.4. The largest absolute Gasteiger partial charge is 0.379 e. The molecule has 6 nitrogen and oxygen atoms in total. The Labute approximate surface area is 147 Å². The second kappa shape index (κ2) is 9.76. The van der Waals surface area contributed by atoms with Crippen LogP contribution in [0.25, 0.3) is 0 Å². The normalized spacial score (nSPS) is 18.6. The van der Waals surface area contributed by atoms with Crippen molar-refractivity contribution >= 4 is 23.2 Å². The van der Waals surface area contributed by atoms with Crippen molar-refractivity contribution in [1.82, 2.24) is 15.5 Å². The lowest BCUT2D eigenvalue weighted by Gasteiger charge is -2.34. The molecule has 0 bridgehead atoms. The van der Waals surface area contributed by atoms with Crippen LogP contribution < -0.4 is 10.6 Å². The lowest BCUT2D eigenvalue weighted by Crippen LogP contribution is -2.56. The van der Waals surface area contributed by atoms with Crippen LogP contribution >= 0.6 is 11.3 Å². The number of hydrogen-bond acceptors (Lipinski definition) is 5. The van der Waals surface area contributed by atoms with Gasteiger partial charge in [0.1, 0.15) is 0 Å². The second-order valence-corrected chi connectivity index (χ2v) is 7.22. The molecule has 0 aliphatic carbocycles. The van der Waals surface area contributed by atoms with E-state index >= 15 is 0 Å². The number of hydrogen-bond donors (Lipinski definition) is 2. The minimum Gasteiger partial charge on any atom is -0.379 e. The van der Waals surface area contributed by atoms with Gasteiger partial charge in [-0.2, -0.15) is 0 Å². The number of nitrogens with zero attached hydrogens (tertiary/aromatic N) is 1. The number of rotatable bonds is 9. The highest BCUT2D eigenvalue weighted by Gasteiger charge is 2.31. The smallest absolute Gasteiger partial charge is 0.237 e. The number of carbonyl (C=O) groups is 2. The van der Waals surface area contributed by atoms with Crippen molar-refractivity contribution < 1.29 is 14.3 Å². The van der Waals surface area contributed by atoms with Crippen molar-refractivity contribution in [2.24, 2.45) is 0 Å². The van der Waals surface area contributed by atoms with Gasteiger partial charge in [0.05, 0.1) is 18.6 Å². The molecule has 2 N–H and O–H groups in total. The van der Waals surface area contributed by atoms with E-state index < -0.39 is 6.04 Å². The Balaban J connectivity index is 1.78. The molecule has 0 unspecified atom stereocenters. The first-order valence-corrected chi connectivity index (χ1v) is 9.36. The molecule has 7 heteroatoms. The molecule has 1 aromatic heterocycles. The molecular formula is C17H27N3O3S. The fourth-order valence-electron chi connectivity index (χ4n) is 2.64. The molecule has 1 aliphatic rings. The van der Waals surface area contributed by atoms with Crippen molar-refractivity contribution in [3.63, 3.8) is 0 Å². The van der Waals surface area contributed by atoms with Gasteiger partial charge in [-0.15, -0.1) is 11.3 Å². The van der Waals surface area contributed by atoms with E-state index in [0.29, 0.717) is 26.2 Å². The Morgan fingerprint density at radius 3 is 3.08 bits per heavy atom. The third-order valence-electron chi connectivity index (χ3n) is 3.85. The molecule has 2 rings (SSSR count). The van der Waals surface area contributed by atoms with Gasteiger partial charge in [-0.3, -0.25) is 14.5 Å². The van der Waals surface area contributed by atoms with E-state index in [2.05, 4.69) is 21.6 Å². The van der Waals surface area contributed by atoms with Crippen LogP contribution in [0.15, 0.2) is 17.5 Å². The quantitative estimate of drug-likeness (QED) is 0.658. The van der Waals surface area contributed by atoms with Crippen molar-refractivity contribution in [2.45, 2.75) is 45.4 Å². The van der Waals surface area contributed by atoms with Crippen LogP contribution in [0, 0.1) is 0 Å². The molecule has 0 saturated carbocycles. The fourth-order valence-corrected chi connectivity index (χ4v) is 3.37. The van der Waals surface area contributed by atoms with Crippen LogP contribution in [0.5, 0.6) is 0 Å². The molecule has 1 fully saturated rings. The van der Waals surface area contributed by atoms with Crippen LogP contribution in [0.3, 0.4) is 0 Å². The first kappa shape index (κ1) is 18.9. The lowest BCUT2D eigenvalue weighted by molar-refractivity contribution is -0.134. The molecule has 134 valence electrons. The second-order valence-electron chi connectivity index (χ2n) is 6.18. The number of ether oxygens (including phenoxy) is 1. The Morgan fingerprint density at radius 1 is 1.54 bits per heavy atom. The molecule has 1 aliphatic heterocycles. The molecule has 0 aromatic carbocycles. The summed E-state index contributed by atoms with van der Waals surface area (Å²) < 4.78 is 5.44. The molecule has 2 amide bonds. The summed E-state index contributed by atoms with van der Waals surface area (Å²) >= 11 is 1.67. The standard InChI is InChI=1S/C17H27N3O3S/c1-13(2)23-9-4-6-18-16(21)11-15-17(22)19-7-8-20(15)12-14-5-3-10-24-14/h3,5,10,13,15H,4,6-9,11-12H2,1-2H3,(H,18,21)(H,19,22)/t15-/m1/s1. The van der Waals surface area contributed by atoms with E-state index in [1.165, 1.54) is 4.88 Å². The van der Waals surface area contributed by atoms with Crippen molar-refractivity contribution in [1.29, 1.82) is 0 Å². The number of amides is 2. The van der Waals surface area contributed by atoms with Crippen molar-refractivity contribution in [3.8, 4) is 0 Å². The summed E-state index contributed by atoms with van der Waals surface area (Å²) in [6.07, 6.45) is 1.18. The van der Waals surface area contributed by atoms with Gasteiger partial charge in [0.2, 0.25) is 11.8 Å². The molecule has 2 heterocycles. The van der Waals surface area contributed by atoms with Gasteiger partial charge in [-0.05, 0) is 31.7 Å². The van der Waals surface area contributed by atoms with E-state index in [0.717, 1.165) is 13.0 Å². The van der Waals surface area contributed by atoms with Crippen molar-refractivity contribution in [2.75, 3.05) is 26.2 Å². The molecule has 1 atom stereocenters. The van der Waals surface area contributed by atoms with Gasteiger partial charge < -0.3 is 15.4 Å². The minimum absolute atomic E-state index is 0.0592. The van der Waals surface area contributed by atoms with Crippen LogP contribution in [-0.4, -0.2) is 55.1 Å². The highest BCUT2D eigenvalue weighted by atomic mass is 32.1. The first-order chi connectivity index (χ1) is 11.6. The Kier molecular flexibility index (Phi) is 7.68. The molecule has 0 spiro atoms. The third kappa shape index (κ3) is 6.22. The van der Waals surface area contributed by atoms with Gasteiger partial charge in [0, 0.05) is 37.7 Å². The number of thiophene rings is 1. The predicted octanol–water partition coefficient (Wildman–Crippen LogP) is 1.37. The maximum Gasteiger partial charge on any atom is 0.237 e. The summed E-state index contributed by atoms with van der Waals surface area (Å²) in [7, 11) is 0. The average Bonchev–Trinajstić information content (AvgIpc) is 3.03. The summed E-state index contributed by atoms with van der Waals surface area (Å²) in [5.74, 6) is -0.145. The summed E-state index contributed by atoms with van der Waals surface area (Å²) in [5.41, 5.74) is 0. The SMILES string of the molecule is CC(C)OCCCNC(=O)C[C@@H]1C(=O)NCCN1Cc1cccs1. The Morgan fingerprint density at radius 2 is 2.38 bits per heavy atom. The minimum atomic E-state index is -0.396. The van der Waals surface area contributed by atoms with E-state index in [1.54, 1.807) is 11.3 Å². The highest BCUT2D eigenvalue weighted by Crippen LogP contribution is 2.17. The molecule has 1 saturated heterocycles. The van der Waals surface area contributed by atoms with E-state index in [4.69, 9.17) is 4.74 Å². The summed E-state index contributed by atoms with van der Waals surface area (Å²) in [6, 6.07) is 3.67. The van der Waals surface area contributed by atoms with Gasteiger partial charge in [0.15, 0.2) is 0 Å². The van der Waals surface area contributed by atoms with Crippen molar-refractivity contribution in [3.05, 3.63) is 22.4 Å². The van der Waals surface area contributed by atoms with Gasteiger partial charge in [-0.25, -0.2) is 0 Å². The zero-order chi connectivity index (χ0) is 17.4. The van der Waals surface area contributed by atoms with Gasteiger partial charge >= 0.3 is 0 Å². The van der Waals surface area contributed by atoms with Crippen LogP contribution in [0.1, 0.15) is 31.6 Å². The van der Waals surface area contributed by atoms with E-state index in [1.807, 2.05) is 25.3 Å². The highest BCUT2D eigenvalue weighted by molar-refractivity contribution is 7.09. The summed E-state index contributed by atoms with van der Waals surface area (Å²) in [6.45, 7) is 7.30. The molecular weight excluding hydrogens is 326 g/mol. The van der Waals surface area contributed by atoms with E-state index in [9.17, 15) is 9.59 Å². The summed E-state index contributed by atoms with van der Waals surface area (Å²) in [5, 5.41) is 7.77. The lowest BCUT2D eigenvalue weighted by atomic mass is 10.1. The topological polar surface area (TPSA) is 70.7 Å². The third-order valence-corrected chi connectivity index (χ3v) is 4.72. The number of piperazine rings is 1. The Hall–Kier alpha value is -1.44. The van der Waals surface area contributed by atoms with Crippen LogP contribution in [0.4, 0.5) is 0 Å². The molecule has 0 radical (unpaired) electrons. The van der Waals surface area contributed by atoms with Gasteiger partial charge in [-0.1, -0.05) is 6.07 Å². The Bertz CT molecular complexity index is 519. The maximum absolute atomic E-state index is 12.2. The predicted molar refractivity (Wildman–Crippen MR) is 94.9 cm³/mol. The fraction of sp³-hybridized carbons (Fsp3) is 0.647. The van der Waals surface area contributed by atoms with Crippen LogP contribution in [0.2, 0.25) is 0 Å². The molecule has 1 aromatic rings. The number of nitrogens with one attached hydrogen (secondary N) is 2. The number of carbonyl (C=O) groups excluding carboxylic acids is 2. The van der Waals surface area contributed by atoms with Gasteiger partial charge in [0.25, 0.3) is 0 Å². The maximum atomic E-state index is 12.2. The average molecular weight is 353 g/mol. The monoisotopic (exact) mass is 353 g/mol. The molecule has 24 heavy (non-hydrogen) atoms. The van der Waals surface area contributed by atoms with E-state index in [-0.39, 0.29) is 24.3 Å².